The van der Waals surface area contributed by atoms with Crippen LogP contribution >= 0.6 is 0 Å². The fraction of sp³-hybridized carbons (Fsp3) is 0.130. The van der Waals surface area contributed by atoms with Crippen molar-refractivity contribution in [3.63, 3.8) is 0 Å². The first-order valence-electron chi connectivity index (χ1n) is 9.18. The molecule has 0 saturated carbocycles. The molecule has 0 bridgehead atoms. The molecule has 0 atom stereocenters. The van der Waals surface area contributed by atoms with Crippen LogP contribution in [0.4, 0.5) is 0 Å². The Hall–Kier alpha value is -4.00. The van der Waals surface area contributed by atoms with Crippen molar-refractivity contribution in [3.05, 3.63) is 66.7 Å². The minimum atomic E-state index is 0.393. The first-order chi connectivity index (χ1) is 14.7. The van der Waals surface area contributed by atoms with Crippen molar-refractivity contribution in [2.75, 3.05) is 21.3 Å². The molecule has 0 unspecified atom stereocenters. The number of nitrogens with zero attached hydrogens (tertiary/aromatic N) is 2. The molecular weight excluding hydrogens is 384 g/mol. The van der Waals surface area contributed by atoms with E-state index < -0.39 is 0 Å². The van der Waals surface area contributed by atoms with E-state index in [0.717, 1.165) is 22.6 Å². The summed E-state index contributed by atoms with van der Waals surface area (Å²) in [5, 5.41) is 4.08. The van der Waals surface area contributed by atoms with Gasteiger partial charge in [-0.2, -0.15) is 4.98 Å². The Kier molecular flexibility index (Phi) is 5.52. The average molecular weight is 404 g/mol. The Morgan fingerprint density at radius 2 is 1.23 bits per heavy atom. The first kappa shape index (κ1) is 19.3. The topological polar surface area (TPSA) is 75.8 Å². The summed E-state index contributed by atoms with van der Waals surface area (Å²) in [5.41, 5.74) is 1.55. The molecule has 7 heteroatoms. The maximum absolute atomic E-state index is 5.85. The summed E-state index contributed by atoms with van der Waals surface area (Å²) in [6.45, 7) is 0. The smallest absolute Gasteiger partial charge is 0.258 e. The number of hydrogen-bond acceptors (Lipinski definition) is 7. The van der Waals surface area contributed by atoms with Crippen LogP contribution in [-0.2, 0) is 0 Å². The predicted molar refractivity (Wildman–Crippen MR) is 111 cm³/mol. The molecule has 7 nitrogen and oxygen atoms in total. The highest BCUT2D eigenvalue weighted by Crippen LogP contribution is 2.32. The number of ether oxygens (including phenoxy) is 4. The summed E-state index contributed by atoms with van der Waals surface area (Å²) in [4.78, 5) is 4.49. The van der Waals surface area contributed by atoms with E-state index in [2.05, 4.69) is 10.1 Å². The SMILES string of the molecule is COc1ccc(Oc2ccc(-c3noc(-c4ccc(OC)c(OC)c4)n3)cc2)cc1. The molecule has 0 N–H and O–H groups in total. The van der Waals surface area contributed by atoms with E-state index in [1.165, 1.54) is 0 Å². The molecule has 30 heavy (non-hydrogen) atoms. The minimum Gasteiger partial charge on any atom is -0.497 e. The Balaban J connectivity index is 1.50. The number of rotatable bonds is 7. The molecule has 4 aromatic rings. The van der Waals surface area contributed by atoms with Crippen LogP contribution in [0, 0.1) is 0 Å². The largest absolute Gasteiger partial charge is 0.497 e. The summed E-state index contributed by atoms with van der Waals surface area (Å²) in [5.74, 6) is 4.30. The van der Waals surface area contributed by atoms with Crippen molar-refractivity contribution in [1.82, 2.24) is 10.1 Å². The molecule has 0 radical (unpaired) electrons. The average Bonchev–Trinajstić information content (AvgIpc) is 3.30. The van der Waals surface area contributed by atoms with E-state index in [4.69, 9.17) is 23.5 Å². The van der Waals surface area contributed by atoms with E-state index in [1.807, 2.05) is 54.6 Å². The van der Waals surface area contributed by atoms with Gasteiger partial charge in [0.25, 0.3) is 5.89 Å². The second-order valence-corrected chi connectivity index (χ2v) is 6.29. The highest BCUT2D eigenvalue weighted by atomic mass is 16.5. The molecule has 0 amide bonds. The molecule has 0 aliphatic heterocycles. The van der Waals surface area contributed by atoms with Crippen LogP contribution in [0.25, 0.3) is 22.8 Å². The van der Waals surface area contributed by atoms with E-state index >= 15 is 0 Å². The van der Waals surface area contributed by atoms with Crippen LogP contribution in [0.5, 0.6) is 28.7 Å². The Morgan fingerprint density at radius 3 is 1.87 bits per heavy atom. The lowest BCUT2D eigenvalue weighted by molar-refractivity contribution is 0.355. The van der Waals surface area contributed by atoms with E-state index in [9.17, 15) is 0 Å². The maximum atomic E-state index is 5.85. The van der Waals surface area contributed by atoms with Crippen LogP contribution < -0.4 is 18.9 Å². The highest BCUT2D eigenvalue weighted by Gasteiger charge is 2.13. The minimum absolute atomic E-state index is 0.393. The number of aromatic nitrogens is 2. The van der Waals surface area contributed by atoms with E-state index in [-0.39, 0.29) is 0 Å². The van der Waals surface area contributed by atoms with Gasteiger partial charge in [0.1, 0.15) is 17.2 Å². The monoisotopic (exact) mass is 404 g/mol. The summed E-state index contributed by atoms with van der Waals surface area (Å²) in [6, 6.07) is 20.3. The van der Waals surface area contributed by atoms with Crippen molar-refractivity contribution in [3.8, 4) is 51.6 Å². The summed E-state index contributed by atoms with van der Waals surface area (Å²) >= 11 is 0. The molecule has 0 fully saturated rings. The molecular formula is C23H20N2O5. The molecule has 152 valence electrons. The third kappa shape index (κ3) is 4.05. The lowest BCUT2D eigenvalue weighted by Gasteiger charge is -2.07. The van der Waals surface area contributed by atoms with Crippen LogP contribution in [-0.4, -0.2) is 31.5 Å². The second-order valence-electron chi connectivity index (χ2n) is 6.29. The predicted octanol–water partition coefficient (Wildman–Crippen LogP) is 5.22. The van der Waals surface area contributed by atoms with Crippen LogP contribution in [0.1, 0.15) is 0 Å². The van der Waals surface area contributed by atoms with Gasteiger partial charge in [-0.15, -0.1) is 0 Å². The van der Waals surface area contributed by atoms with Gasteiger partial charge >= 0.3 is 0 Å². The van der Waals surface area contributed by atoms with Crippen molar-refractivity contribution in [1.29, 1.82) is 0 Å². The zero-order chi connectivity index (χ0) is 20.9. The third-order valence-corrected chi connectivity index (χ3v) is 4.46. The van der Waals surface area contributed by atoms with Gasteiger partial charge in [-0.1, -0.05) is 5.16 Å². The van der Waals surface area contributed by atoms with Crippen molar-refractivity contribution >= 4 is 0 Å². The molecule has 3 aromatic carbocycles. The highest BCUT2D eigenvalue weighted by molar-refractivity contribution is 5.63. The van der Waals surface area contributed by atoms with Gasteiger partial charge < -0.3 is 23.5 Å². The van der Waals surface area contributed by atoms with Gasteiger partial charge in [0.2, 0.25) is 5.82 Å². The van der Waals surface area contributed by atoms with Crippen molar-refractivity contribution < 1.29 is 23.5 Å². The summed E-state index contributed by atoms with van der Waals surface area (Å²) < 4.78 is 27.0. The van der Waals surface area contributed by atoms with E-state index in [1.54, 1.807) is 33.5 Å². The third-order valence-electron chi connectivity index (χ3n) is 4.46. The van der Waals surface area contributed by atoms with Crippen LogP contribution in [0.3, 0.4) is 0 Å². The zero-order valence-electron chi connectivity index (χ0n) is 16.8. The fourth-order valence-corrected chi connectivity index (χ4v) is 2.88. The first-order valence-corrected chi connectivity index (χ1v) is 9.18. The Bertz CT molecular complexity index is 1120. The van der Waals surface area contributed by atoms with Crippen LogP contribution in [0.2, 0.25) is 0 Å². The molecule has 4 rings (SSSR count). The molecule has 1 aromatic heterocycles. The van der Waals surface area contributed by atoms with Gasteiger partial charge in [-0.05, 0) is 66.7 Å². The van der Waals surface area contributed by atoms with Crippen LogP contribution in [0.15, 0.2) is 71.3 Å². The van der Waals surface area contributed by atoms with Crippen molar-refractivity contribution in [2.45, 2.75) is 0 Å². The van der Waals surface area contributed by atoms with Crippen molar-refractivity contribution in [2.24, 2.45) is 0 Å². The summed E-state index contributed by atoms with van der Waals surface area (Å²) in [7, 11) is 4.80. The lowest BCUT2D eigenvalue weighted by atomic mass is 10.2. The fourth-order valence-electron chi connectivity index (χ4n) is 2.88. The molecule has 1 heterocycles. The maximum Gasteiger partial charge on any atom is 0.258 e. The molecule has 0 spiro atoms. The Morgan fingerprint density at radius 1 is 0.633 bits per heavy atom. The standard InChI is InChI=1S/C23H20N2O5/c1-26-17-9-11-19(12-10-17)29-18-7-4-15(5-8-18)22-24-23(30-25-22)16-6-13-20(27-2)21(14-16)28-3/h4-14H,1-3H3. The van der Waals surface area contributed by atoms with Gasteiger partial charge in [0, 0.05) is 11.1 Å². The second kappa shape index (κ2) is 8.57. The summed E-state index contributed by atoms with van der Waals surface area (Å²) in [6.07, 6.45) is 0. The number of methoxy groups -OCH3 is 3. The van der Waals surface area contributed by atoms with Gasteiger partial charge in [-0.25, -0.2) is 0 Å². The molecule has 0 aliphatic carbocycles. The van der Waals surface area contributed by atoms with Gasteiger partial charge in [-0.3, -0.25) is 0 Å². The zero-order valence-corrected chi connectivity index (χ0v) is 16.8. The molecule has 0 aliphatic rings. The number of hydrogen-bond donors (Lipinski definition) is 0. The lowest BCUT2D eigenvalue weighted by Crippen LogP contribution is -1.91. The normalized spacial score (nSPS) is 10.5. The quantitative estimate of drug-likeness (QED) is 0.418. The van der Waals surface area contributed by atoms with Gasteiger partial charge in [0.15, 0.2) is 11.5 Å². The number of benzene rings is 3. The Labute approximate surface area is 173 Å². The molecule has 0 saturated heterocycles. The van der Waals surface area contributed by atoms with E-state index in [0.29, 0.717) is 29.0 Å². The van der Waals surface area contributed by atoms with Gasteiger partial charge in [0.05, 0.1) is 21.3 Å².